The van der Waals surface area contributed by atoms with Crippen LogP contribution in [-0.4, -0.2) is 54.2 Å². The summed E-state index contributed by atoms with van der Waals surface area (Å²) >= 11 is 0. The molecule has 154 valence electrons. The number of nitrogens with one attached hydrogen (secondary N) is 1. The van der Waals surface area contributed by atoms with Crippen molar-refractivity contribution in [1.29, 1.82) is 0 Å². The molecule has 0 bridgehead atoms. The van der Waals surface area contributed by atoms with Gasteiger partial charge in [0.15, 0.2) is 0 Å². The van der Waals surface area contributed by atoms with Gasteiger partial charge in [-0.2, -0.15) is 8.42 Å². The zero-order valence-corrected chi connectivity index (χ0v) is 16.4. The van der Waals surface area contributed by atoms with E-state index < -0.39 is 46.4 Å². The minimum atomic E-state index is -3.76. The molecule has 11 heteroatoms. The second kappa shape index (κ2) is 9.11. The van der Waals surface area contributed by atoms with Crippen molar-refractivity contribution in [2.45, 2.75) is 64.3 Å². The summed E-state index contributed by atoms with van der Waals surface area (Å²) in [5, 5.41) is 9.40. The van der Waals surface area contributed by atoms with E-state index in [2.05, 4.69) is 4.98 Å². The number of hydrogen-bond donors (Lipinski definition) is 2. The Morgan fingerprint density at radius 3 is 2.74 bits per heavy atom. The van der Waals surface area contributed by atoms with Crippen LogP contribution in [0.4, 0.5) is 0 Å². The second-order valence-corrected chi connectivity index (χ2v) is 8.22. The topological polar surface area (TPSA) is 137 Å². The molecule has 1 aliphatic rings. The first-order valence-electron chi connectivity index (χ1n) is 8.75. The molecular weight excluding hydrogens is 380 g/mol. The molecule has 2 heterocycles. The minimum absolute atomic E-state index is 0.0240. The van der Waals surface area contributed by atoms with Crippen LogP contribution in [0.2, 0.25) is 0 Å². The first-order valence-corrected chi connectivity index (χ1v) is 10.6. The quantitative estimate of drug-likeness (QED) is 0.541. The molecule has 0 aromatic carbocycles. The zero-order chi connectivity index (χ0) is 20.2. The molecule has 0 amide bonds. The molecule has 0 saturated carbocycles. The van der Waals surface area contributed by atoms with Crippen LogP contribution >= 0.6 is 0 Å². The molecule has 1 fully saturated rings. The van der Waals surface area contributed by atoms with Crippen molar-refractivity contribution in [2.24, 2.45) is 0 Å². The summed E-state index contributed by atoms with van der Waals surface area (Å²) < 4.78 is 40.0. The van der Waals surface area contributed by atoms with Crippen molar-refractivity contribution in [1.82, 2.24) is 9.55 Å². The van der Waals surface area contributed by atoms with Gasteiger partial charge in [0.2, 0.25) is 0 Å². The number of nitrogens with zero attached hydrogens (tertiary/aromatic N) is 1. The number of ether oxygens (including phenoxy) is 2. The van der Waals surface area contributed by atoms with Gasteiger partial charge in [-0.05, 0) is 13.3 Å². The van der Waals surface area contributed by atoms with Crippen LogP contribution < -0.4 is 11.2 Å². The first-order chi connectivity index (χ1) is 12.6. The largest absolute Gasteiger partial charge is 0.394 e. The van der Waals surface area contributed by atoms with Gasteiger partial charge < -0.3 is 14.6 Å². The molecule has 0 aliphatic carbocycles. The summed E-state index contributed by atoms with van der Waals surface area (Å²) in [5.41, 5.74) is -1.01. The van der Waals surface area contributed by atoms with E-state index in [0.29, 0.717) is 0 Å². The molecule has 1 aliphatic heterocycles. The molecule has 2 N–H and O–H groups in total. The summed E-state index contributed by atoms with van der Waals surface area (Å²) in [6.45, 7) is 3.47. The minimum Gasteiger partial charge on any atom is -0.394 e. The normalized spacial score (nSPS) is 24.2. The van der Waals surface area contributed by atoms with Crippen LogP contribution in [0, 0.1) is 0 Å². The van der Waals surface area contributed by atoms with Crippen LogP contribution in [0.3, 0.4) is 0 Å². The van der Waals surface area contributed by atoms with Crippen molar-refractivity contribution in [3.63, 3.8) is 0 Å². The van der Waals surface area contributed by atoms with Gasteiger partial charge in [0, 0.05) is 12.6 Å². The van der Waals surface area contributed by atoms with E-state index in [0.717, 1.165) is 23.7 Å². The molecule has 27 heavy (non-hydrogen) atoms. The van der Waals surface area contributed by atoms with Gasteiger partial charge >= 0.3 is 5.69 Å². The number of aromatic amines is 1. The number of rotatable bonds is 9. The first kappa shape index (κ1) is 21.8. The maximum atomic E-state index is 12.2. The number of aliphatic hydroxyl groups excluding tert-OH is 1. The maximum absolute atomic E-state index is 12.2. The number of aromatic nitrogens is 2. The SMILES string of the molecule is CCCC(C)OCc1cn([C@@H]2C[C@H](OS(C)(=O)=O)[C@@H](CO)O2)c(=O)[nH]c1=O. The molecule has 0 spiro atoms. The van der Waals surface area contributed by atoms with E-state index in [9.17, 15) is 23.1 Å². The van der Waals surface area contributed by atoms with Gasteiger partial charge in [-0.15, -0.1) is 0 Å². The Morgan fingerprint density at radius 2 is 2.15 bits per heavy atom. The van der Waals surface area contributed by atoms with Crippen molar-refractivity contribution >= 4 is 10.1 Å². The highest BCUT2D eigenvalue weighted by molar-refractivity contribution is 7.86. The average molecular weight is 406 g/mol. The van der Waals surface area contributed by atoms with Gasteiger partial charge in [-0.3, -0.25) is 18.5 Å². The van der Waals surface area contributed by atoms with Gasteiger partial charge in [0.05, 0.1) is 31.1 Å². The van der Waals surface area contributed by atoms with Crippen LogP contribution in [-0.2, 0) is 30.4 Å². The molecule has 0 radical (unpaired) electrons. The van der Waals surface area contributed by atoms with Crippen molar-refractivity contribution in [2.75, 3.05) is 12.9 Å². The van der Waals surface area contributed by atoms with Crippen molar-refractivity contribution in [3.05, 3.63) is 32.6 Å². The molecule has 1 unspecified atom stereocenters. The van der Waals surface area contributed by atoms with Crippen LogP contribution in [0.25, 0.3) is 0 Å². The lowest BCUT2D eigenvalue weighted by molar-refractivity contribution is -0.0416. The van der Waals surface area contributed by atoms with Gasteiger partial charge in [-0.25, -0.2) is 4.79 Å². The summed E-state index contributed by atoms with van der Waals surface area (Å²) in [7, 11) is -3.76. The number of aliphatic hydroxyl groups is 1. The third kappa shape index (κ3) is 5.98. The summed E-state index contributed by atoms with van der Waals surface area (Å²) in [6, 6.07) is 0. The third-order valence-corrected chi connectivity index (χ3v) is 4.83. The molecule has 2 rings (SSSR count). The summed E-state index contributed by atoms with van der Waals surface area (Å²) in [6.07, 6.45) is 1.27. The highest BCUT2D eigenvalue weighted by atomic mass is 32.2. The average Bonchev–Trinajstić information content (AvgIpc) is 2.95. The Bertz CT molecular complexity index is 847. The fourth-order valence-electron chi connectivity index (χ4n) is 2.93. The van der Waals surface area contributed by atoms with Crippen molar-refractivity contribution in [3.8, 4) is 0 Å². The van der Waals surface area contributed by atoms with E-state index >= 15 is 0 Å². The lowest BCUT2D eigenvalue weighted by atomic mass is 10.2. The molecule has 1 aromatic heterocycles. The van der Waals surface area contributed by atoms with Gasteiger partial charge in [-0.1, -0.05) is 13.3 Å². The Morgan fingerprint density at radius 1 is 1.44 bits per heavy atom. The molecule has 4 atom stereocenters. The predicted molar refractivity (Wildman–Crippen MR) is 95.8 cm³/mol. The van der Waals surface area contributed by atoms with E-state index in [1.54, 1.807) is 0 Å². The Balaban J connectivity index is 2.21. The highest BCUT2D eigenvalue weighted by Gasteiger charge is 2.39. The molecule has 1 aromatic rings. The highest BCUT2D eigenvalue weighted by Crippen LogP contribution is 2.30. The standard InChI is InChI=1S/C16H26N2O8S/c1-4-5-10(2)24-9-11-7-18(16(21)17-15(11)20)14-6-12(13(8-19)25-14)26-27(3,22)23/h7,10,12-14,19H,4-6,8-9H2,1-3H3,(H,17,20,21)/t10?,12-,13+,14-/m0/s1. The van der Waals surface area contributed by atoms with Crippen molar-refractivity contribution < 1.29 is 27.2 Å². The predicted octanol–water partition coefficient (Wildman–Crippen LogP) is -0.134. The zero-order valence-electron chi connectivity index (χ0n) is 15.6. The molecule has 10 nitrogen and oxygen atoms in total. The lowest BCUT2D eigenvalue weighted by Crippen LogP contribution is -2.34. The maximum Gasteiger partial charge on any atom is 0.330 e. The van der Waals surface area contributed by atoms with Crippen LogP contribution in [0.15, 0.2) is 15.8 Å². The molecule has 1 saturated heterocycles. The Hall–Kier alpha value is -1.53. The summed E-state index contributed by atoms with van der Waals surface area (Å²) in [5.74, 6) is 0. The third-order valence-electron chi connectivity index (χ3n) is 4.23. The molecular formula is C16H26N2O8S. The van der Waals surface area contributed by atoms with Gasteiger partial charge in [0.1, 0.15) is 18.4 Å². The lowest BCUT2D eigenvalue weighted by Gasteiger charge is -2.16. The van der Waals surface area contributed by atoms with Crippen LogP contribution in [0.5, 0.6) is 0 Å². The van der Waals surface area contributed by atoms with Crippen LogP contribution in [0.1, 0.15) is 44.9 Å². The monoisotopic (exact) mass is 406 g/mol. The Kier molecular flexibility index (Phi) is 7.34. The Labute approximate surface area is 157 Å². The van der Waals surface area contributed by atoms with E-state index in [1.807, 2.05) is 13.8 Å². The fraction of sp³-hybridized carbons (Fsp3) is 0.750. The van der Waals surface area contributed by atoms with E-state index in [4.69, 9.17) is 13.7 Å². The number of H-pyrrole nitrogens is 1. The summed E-state index contributed by atoms with van der Waals surface area (Å²) in [4.78, 5) is 26.4. The second-order valence-electron chi connectivity index (χ2n) is 6.62. The van der Waals surface area contributed by atoms with E-state index in [1.165, 1.54) is 6.20 Å². The number of hydrogen-bond acceptors (Lipinski definition) is 8. The van der Waals surface area contributed by atoms with E-state index in [-0.39, 0.29) is 24.7 Å². The fourth-order valence-corrected chi connectivity index (χ4v) is 3.58. The smallest absolute Gasteiger partial charge is 0.330 e. The van der Waals surface area contributed by atoms with Gasteiger partial charge in [0.25, 0.3) is 15.7 Å².